The molecule has 3 aromatic carbocycles. The van der Waals surface area contributed by atoms with Gasteiger partial charge in [-0.2, -0.15) is 10.4 Å². The molecule has 0 aliphatic carbocycles. The zero-order chi connectivity index (χ0) is 37.8. The summed E-state index contributed by atoms with van der Waals surface area (Å²) in [5.74, 6) is -0.709. The predicted molar refractivity (Wildman–Crippen MR) is 210 cm³/mol. The Bertz CT molecular complexity index is 2180. The number of aromatic nitrogens is 3. The van der Waals surface area contributed by atoms with Crippen molar-refractivity contribution < 1.29 is 19.7 Å². The van der Waals surface area contributed by atoms with Crippen LogP contribution in [0, 0.1) is 16.7 Å². The molecule has 3 N–H and O–H groups in total. The highest BCUT2D eigenvalue weighted by molar-refractivity contribution is 6.36. The molecule has 0 amide bonds. The van der Waals surface area contributed by atoms with Gasteiger partial charge in [0.1, 0.15) is 24.5 Å². The van der Waals surface area contributed by atoms with Gasteiger partial charge in [0.2, 0.25) is 0 Å². The van der Waals surface area contributed by atoms with E-state index in [9.17, 15) is 20.3 Å². The SMILES string of the molecule is CN1CCC2(CC1)CCN(c1cccc(-c3cccc4c3cnn4Cc3cc(OCc4cncc(C#N)c4)c(CNC(CO)C(=O)O)cc3Cl)c1Cl)CC2. The molecule has 7 rings (SSSR count). The topological polar surface area (TPSA) is 140 Å². The molecule has 1 spiro atoms. The number of carboxylic acid groups (broad SMARTS) is 1. The van der Waals surface area contributed by atoms with Crippen molar-refractivity contribution in [3.05, 3.63) is 105 Å². The highest BCUT2D eigenvalue weighted by Crippen LogP contribution is 2.45. The fourth-order valence-electron chi connectivity index (χ4n) is 7.69. The lowest BCUT2D eigenvalue weighted by molar-refractivity contribution is -0.140. The zero-order valence-electron chi connectivity index (χ0n) is 30.1. The van der Waals surface area contributed by atoms with Crippen molar-refractivity contribution in [1.82, 2.24) is 25.0 Å². The van der Waals surface area contributed by atoms with E-state index in [0.29, 0.717) is 39.4 Å². The summed E-state index contributed by atoms with van der Waals surface area (Å²) in [7, 11) is 2.22. The highest BCUT2D eigenvalue weighted by atomic mass is 35.5. The number of ether oxygens (including phenoxy) is 1. The van der Waals surface area contributed by atoms with Crippen LogP contribution in [0.25, 0.3) is 22.0 Å². The lowest BCUT2D eigenvalue weighted by atomic mass is 9.71. The largest absolute Gasteiger partial charge is 0.489 e. The summed E-state index contributed by atoms with van der Waals surface area (Å²) in [6.45, 7) is 4.29. The zero-order valence-corrected chi connectivity index (χ0v) is 31.7. The van der Waals surface area contributed by atoms with Crippen molar-refractivity contribution in [2.75, 3.05) is 44.7 Å². The lowest BCUT2D eigenvalue weighted by Crippen LogP contribution is -2.46. The van der Waals surface area contributed by atoms with Crippen molar-refractivity contribution in [2.45, 2.75) is 51.4 Å². The predicted octanol–water partition coefficient (Wildman–Crippen LogP) is 6.75. The van der Waals surface area contributed by atoms with Crippen molar-refractivity contribution in [2.24, 2.45) is 5.41 Å². The first kappa shape index (κ1) is 37.6. The number of aliphatic hydroxyl groups excluding tert-OH is 1. The van der Waals surface area contributed by atoms with Crippen LogP contribution in [0.15, 0.2) is 73.2 Å². The maximum Gasteiger partial charge on any atom is 0.323 e. The molecular weight excluding hydrogens is 725 g/mol. The van der Waals surface area contributed by atoms with Gasteiger partial charge in [-0.25, -0.2) is 0 Å². The van der Waals surface area contributed by atoms with Gasteiger partial charge in [0.25, 0.3) is 0 Å². The molecule has 54 heavy (non-hydrogen) atoms. The van der Waals surface area contributed by atoms with Gasteiger partial charge in [-0.15, -0.1) is 0 Å². The summed E-state index contributed by atoms with van der Waals surface area (Å²) >= 11 is 14.1. The molecule has 1 atom stereocenters. The molecule has 2 aromatic heterocycles. The second-order valence-electron chi connectivity index (χ2n) is 14.5. The van der Waals surface area contributed by atoms with Crippen molar-refractivity contribution in [3.8, 4) is 22.9 Å². The van der Waals surface area contributed by atoms with Gasteiger partial charge in [0, 0.05) is 59.1 Å². The molecule has 2 aliphatic heterocycles. The van der Waals surface area contributed by atoms with Crippen LogP contribution in [0.3, 0.4) is 0 Å². The maximum atomic E-state index is 11.6. The number of rotatable bonds is 12. The molecule has 2 saturated heterocycles. The summed E-state index contributed by atoms with van der Waals surface area (Å²) in [5, 5.41) is 38.1. The molecule has 0 bridgehead atoms. The van der Waals surface area contributed by atoms with Crippen LogP contribution >= 0.6 is 23.2 Å². The van der Waals surface area contributed by atoms with Gasteiger partial charge >= 0.3 is 5.97 Å². The molecule has 280 valence electrons. The first-order valence-electron chi connectivity index (χ1n) is 18.2. The van der Waals surface area contributed by atoms with Crippen LogP contribution < -0.4 is 15.0 Å². The smallest absolute Gasteiger partial charge is 0.323 e. The second-order valence-corrected chi connectivity index (χ2v) is 15.2. The number of benzene rings is 3. The Hall–Kier alpha value is -4.70. The number of nitrogens with one attached hydrogen (secondary N) is 1. The van der Waals surface area contributed by atoms with E-state index in [4.69, 9.17) is 33.0 Å². The number of likely N-dealkylation sites (tertiary alicyclic amines) is 1. The number of aliphatic carboxylic acids is 1. The number of piperidine rings is 2. The van der Waals surface area contributed by atoms with Crippen LogP contribution in [0.4, 0.5) is 5.69 Å². The van der Waals surface area contributed by atoms with Gasteiger partial charge in [-0.3, -0.25) is 19.8 Å². The third-order valence-corrected chi connectivity index (χ3v) is 11.8. The number of fused-ring (bicyclic) bond motifs is 1. The van der Waals surface area contributed by atoms with Crippen LogP contribution in [-0.2, 0) is 24.5 Å². The maximum absolute atomic E-state index is 11.6. The van der Waals surface area contributed by atoms with Crippen LogP contribution in [0.2, 0.25) is 10.0 Å². The van der Waals surface area contributed by atoms with Crippen molar-refractivity contribution in [1.29, 1.82) is 5.26 Å². The van der Waals surface area contributed by atoms with Gasteiger partial charge < -0.3 is 24.7 Å². The normalized spacial score (nSPS) is 16.4. The lowest BCUT2D eigenvalue weighted by Gasteiger charge is -2.47. The average molecular weight is 769 g/mol. The minimum Gasteiger partial charge on any atom is -0.489 e. The molecule has 4 heterocycles. The number of nitrogens with zero attached hydrogens (tertiary/aromatic N) is 6. The van der Waals surface area contributed by atoms with E-state index in [-0.39, 0.29) is 13.2 Å². The number of hydrogen-bond acceptors (Lipinski definition) is 9. The summed E-state index contributed by atoms with van der Waals surface area (Å²) in [4.78, 5) is 20.6. The summed E-state index contributed by atoms with van der Waals surface area (Å²) in [6.07, 6.45) is 9.87. The number of pyridine rings is 1. The fourth-order valence-corrected chi connectivity index (χ4v) is 8.29. The van der Waals surface area contributed by atoms with E-state index in [0.717, 1.165) is 51.4 Å². The summed E-state index contributed by atoms with van der Waals surface area (Å²) in [6, 6.07) is 18.6. The third kappa shape index (κ3) is 8.04. The average Bonchev–Trinajstić information content (AvgIpc) is 3.60. The number of aliphatic hydroxyl groups is 1. The van der Waals surface area contributed by atoms with Gasteiger partial charge in [-0.05, 0) is 92.7 Å². The Morgan fingerprint density at radius 2 is 1.74 bits per heavy atom. The Kier molecular flexibility index (Phi) is 11.4. The first-order chi connectivity index (χ1) is 26.2. The Labute approximate surface area is 324 Å². The Balaban J connectivity index is 1.14. The Morgan fingerprint density at radius 1 is 1.00 bits per heavy atom. The molecule has 2 aliphatic rings. The second kappa shape index (κ2) is 16.3. The summed E-state index contributed by atoms with van der Waals surface area (Å²) in [5.41, 5.74) is 6.82. The molecule has 13 heteroatoms. The minimum absolute atomic E-state index is 0.0765. The molecular formula is C41H43Cl2N7O4. The minimum atomic E-state index is -1.17. The van der Waals surface area contributed by atoms with E-state index in [1.807, 2.05) is 29.1 Å². The molecule has 11 nitrogen and oxygen atoms in total. The third-order valence-electron chi connectivity index (χ3n) is 11.1. The van der Waals surface area contributed by atoms with Crippen LogP contribution in [0.5, 0.6) is 5.75 Å². The van der Waals surface area contributed by atoms with Crippen molar-refractivity contribution >= 4 is 45.8 Å². The van der Waals surface area contributed by atoms with Gasteiger partial charge in [0.15, 0.2) is 0 Å². The van der Waals surface area contributed by atoms with Crippen LogP contribution in [-0.4, -0.2) is 81.7 Å². The molecule has 0 saturated carbocycles. The number of nitriles is 1. The number of hydrogen-bond donors (Lipinski definition) is 3. The number of anilines is 1. The van der Waals surface area contributed by atoms with E-state index >= 15 is 0 Å². The standard InChI is InChI=1S/C41H43Cl2N7O4/c1-48-12-8-41(9-13-48)10-14-49(15-11-41)37-7-3-5-32(39(37)43)31-4-2-6-36-33(31)23-47-50(36)24-30-18-38(54-26-28-16-27(19-44)20-45-21-28)29(17-34(30)42)22-46-35(25-51)40(52)53/h2-7,16-18,20-21,23,35,46,51H,8-15,22,24-26H2,1H3,(H,52,53). The first-order valence-corrected chi connectivity index (χ1v) is 18.9. The molecule has 2 fully saturated rings. The molecule has 1 unspecified atom stereocenters. The monoisotopic (exact) mass is 767 g/mol. The van der Waals surface area contributed by atoms with E-state index in [1.54, 1.807) is 18.3 Å². The summed E-state index contributed by atoms with van der Waals surface area (Å²) < 4.78 is 8.12. The van der Waals surface area contributed by atoms with E-state index in [1.165, 1.54) is 45.0 Å². The molecule has 0 radical (unpaired) electrons. The van der Waals surface area contributed by atoms with Gasteiger partial charge in [-0.1, -0.05) is 47.5 Å². The van der Waals surface area contributed by atoms with Crippen LogP contribution in [0.1, 0.15) is 47.9 Å². The highest BCUT2D eigenvalue weighted by Gasteiger charge is 2.37. The Morgan fingerprint density at radius 3 is 2.48 bits per heavy atom. The number of carboxylic acids is 1. The van der Waals surface area contributed by atoms with Gasteiger partial charge in [0.05, 0.1) is 41.1 Å². The fraction of sp³-hybridized carbons (Fsp3) is 0.366. The quantitative estimate of drug-likeness (QED) is 0.125. The number of halogens is 2. The van der Waals surface area contributed by atoms with E-state index in [2.05, 4.69) is 57.5 Å². The molecule has 5 aromatic rings. The van der Waals surface area contributed by atoms with E-state index < -0.39 is 18.6 Å². The van der Waals surface area contributed by atoms with Crippen molar-refractivity contribution in [3.63, 3.8) is 0 Å². The number of carbonyl (C=O) groups is 1.